The second-order valence-electron chi connectivity index (χ2n) is 5.25. The average Bonchev–Trinajstić information content (AvgIpc) is 2.53. The van der Waals surface area contributed by atoms with Gasteiger partial charge >= 0.3 is 12.1 Å². The van der Waals surface area contributed by atoms with Crippen LogP contribution in [0.5, 0.6) is 0 Å². The van der Waals surface area contributed by atoms with Crippen LogP contribution < -0.4 is 5.32 Å². The van der Waals surface area contributed by atoms with Gasteiger partial charge in [0.1, 0.15) is 0 Å². The van der Waals surface area contributed by atoms with E-state index in [1.165, 1.54) is 0 Å². The third-order valence-corrected chi connectivity index (χ3v) is 3.90. The molecular formula is C17H13BrF3NO3. The van der Waals surface area contributed by atoms with Gasteiger partial charge in [-0.25, -0.2) is 0 Å². The Morgan fingerprint density at radius 2 is 1.76 bits per heavy atom. The zero-order chi connectivity index (χ0) is 18.6. The van der Waals surface area contributed by atoms with Crippen molar-refractivity contribution in [1.29, 1.82) is 0 Å². The summed E-state index contributed by atoms with van der Waals surface area (Å²) in [5.41, 5.74) is -0.265. The molecule has 2 rings (SSSR count). The van der Waals surface area contributed by atoms with E-state index in [0.29, 0.717) is 10.0 Å². The molecular weight excluding hydrogens is 403 g/mol. The molecule has 1 amide bonds. The third kappa shape index (κ3) is 5.32. The number of carboxylic acid groups (broad SMARTS) is 1. The first-order chi connectivity index (χ1) is 11.7. The van der Waals surface area contributed by atoms with Gasteiger partial charge in [0, 0.05) is 10.0 Å². The third-order valence-electron chi connectivity index (χ3n) is 3.41. The SMILES string of the molecule is O=C(O)C[C@H](NC(=O)c1cccc(Br)c1)c1ccc(C(F)(F)F)cc1. The highest BCUT2D eigenvalue weighted by atomic mass is 79.9. The van der Waals surface area contributed by atoms with Gasteiger partial charge in [-0.3, -0.25) is 9.59 Å². The predicted octanol–water partition coefficient (Wildman–Crippen LogP) is 4.41. The number of hydrogen-bond acceptors (Lipinski definition) is 2. The van der Waals surface area contributed by atoms with E-state index in [2.05, 4.69) is 21.2 Å². The fourth-order valence-electron chi connectivity index (χ4n) is 2.20. The molecule has 0 heterocycles. The molecule has 25 heavy (non-hydrogen) atoms. The maximum atomic E-state index is 12.6. The normalized spacial score (nSPS) is 12.5. The first-order valence-electron chi connectivity index (χ1n) is 7.12. The number of aliphatic carboxylic acids is 1. The summed E-state index contributed by atoms with van der Waals surface area (Å²) in [4.78, 5) is 23.3. The van der Waals surface area contributed by atoms with Gasteiger partial charge in [0.25, 0.3) is 5.91 Å². The molecule has 2 aromatic rings. The number of carbonyl (C=O) groups is 2. The number of alkyl halides is 3. The molecule has 0 saturated heterocycles. The van der Waals surface area contributed by atoms with E-state index in [1.54, 1.807) is 24.3 Å². The van der Waals surface area contributed by atoms with E-state index in [4.69, 9.17) is 5.11 Å². The second kappa shape index (κ2) is 7.69. The Labute approximate surface area is 149 Å². The fourth-order valence-corrected chi connectivity index (χ4v) is 2.60. The van der Waals surface area contributed by atoms with Crippen LogP contribution >= 0.6 is 15.9 Å². The summed E-state index contributed by atoms with van der Waals surface area (Å²) in [7, 11) is 0. The number of carbonyl (C=O) groups excluding carboxylic acids is 1. The lowest BCUT2D eigenvalue weighted by Crippen LogP contribution is -2.30. The molecule has 0 aliphatic heterocycles. The van der Waals surface area contributed by atoms with Crippen LogP contribution in [0.3, 0.4) is 0 Å². The quantitative estimate of drug-likeness (QED) is 0.759. The average molecular weight is 416 g/mol. The molecule has 0 aliphatic rings. The molecule has 4 nitrogen and oxygen atoms in total. The number of halogens is 4. The van der Waals surface area contributed by atoms with Crippen molar-refractivity contribution in [3.05, 3.63) is 69.7 Å². The van der Waals surface area contributed by atoms with Crippen LogP contribution in [0, 0.1) is 0 Å². The molecule has 0 aliphatic carbocycles. The van der Waals surface area contributed by atoms with Gasteiger partial charge in [-0.2, -0.15) is 13.2 Å². The van der Waals surface area contributed by atoms with Gasteiger partial charge in [0.05, 0.1) is 18.0 Å². The molecule has 8 heteroatoms. The Morgan fingerprint density at radius 1 is 1.12 bits per heavy atom. The first-order valence-corrected chi connectivity index (χ1v) is 7.91. The van der Waals surface area contributed by atoms with E-state index < -0.39 is 36.1 Å². The van der Waals surface area contributed by atoms with E-state index in [9.17, 15) is 22.8 Å². The van der Waals surface area contributed by atoms with Crippen molar-refractivity contribution >= 4 is 27.8 Å². The van der Waals surface area contributed by atoms with Crippen molar-refractivity contribution in [1.82, 2.24) is 5.32 Å². The zero-order valence-corrected chi connectivity index (χ0v) is 14.3. The smallest absolute Gasteiger partial charge is 0.416 e. The van der Waals surface area contributed by atoms with E-state index >= 15 is 0 Å². The Morgan fingerprint density at radius 3 is 2.28 bits per heavy atom. The summed E-state index contributed by atoms with van der Waals surface area (Å²) < 4.78 is 38.6. The van der Waals surface area contributed by atoms with Crippen LogP contribution in [0.1, 0.15) is 33.9 Å². The van der Waals surface area contributed by atoms with Crippen molar-refractivity contribution < 1.29 is 27.9 Å². The molecule has 0 saturated carbocycles. The number of nitrogens with one attached hydrogen (secondary N) is 1. The van der Waals surface area contributed by atoms with Crippen LogP contribution in [-0.4, -0.2) is 17.0 Å². The summed E-state index contributed by atoms with van der Waals surface area (Å²) in [5.74, 6) is -1.70. The molecule has 2 aromatic carbocycles. The lowest BCUT2D eigenvalue weighted by molar-refractivity contribution is -0.138. The van der Waals surface area contributed by atoms with Gasteiger partial charge in [0.2, 0.25) is 0 Å². The van der Waals surface area contributed by atoms with E-state index in [-0.39, 0.29) is 5.56 Å². The van der Waals surface area contributed by atoms with Crippen LogP contribution in [0.2, 0.25) is 0 Å². The van der Waals surface area contributed by atoms with Gasteiger partial charge < -0.3 is 10.4 Å². The van der Waals surface area contributed by atoms with Crippen LogP contribution in [-0.2, 0) is 11.0 Å². The monoisotopic (exact) mass is 415 g/mol. The van der Waals surface area contributed by atoms with Crippen LogP contribution in [0.4, 0.5) is 13.2 Å². The summed E-state index contributed by atoms with van der Waals surface area (Å²) in [5, 5.41) is 11.6. The fraction of sp³-hybridized carbons (Fsp3) is 0.176. The summed E-state index contributed by atoms with van der Waals surface area (Å²) in [6.07, 6.45) is -4.94. The van der Waals surface area contributed by atoms with Crippen molar-refractivity contribution in [3.8, 4) is 0 Å². The van der Waals surface area contributed by atoms with E-state index in [1.807, 2.05) is 0 Å². The van der Waals surface area contributed by atoms with Crippen LogP contribution in [0.25, 0.3) is 0 Å². The molecule has 0 fully saturated rings. The Kier molecular flexibility index (Phi) is 5.84. The van der Waals surface area contributed by atoms with Crippen molar-refractivity contribution in [2.24, 2.45) is 0 Å². The molecule has 2 N–H and O–H groups in total. The largest absolute Gasteiger partial charge is 0.481 e. The van der Waals surface area contributed by atoms with Gasteiger partial charge in [0.15, 0.2) is 0 Å². The lowest BCUT2D eigenvalue weighted by Gasteiger charge is -2.18. The minimum absolute atomic E-state index is 0.277. The molecule has 132 valence electrons. The first kappa shape index (κ1) is 19.0. The number of hydrogen-bond donors (Lipinski definition) is 2. The highest BCUT2D eigenvalue weighted by molar-refractivity contribution is 9.10. The maximum absolute atomic E-state index is 12.6. The number of rotatable bonds is 5. The van der Waals surface area contributed by atoms with Gasteiger partial charge in [-0.05, 0) is 35.9 Å². The Bertz CT molecular complexity index is 775. The highest BCUT2D eigenvalue weighted by Crippen LogP contribution is 2.30. The summed E-state index contributed by atoms with van der Waals surface area (Å²) >= 11 is 3.23. The molecule has 0 radical (unpaired) electrons. The molecule has 0 bridgehead atoms. The van der Waals surface area contributed by atoms with Crippen molar-refractivity contribution in [3.63, 3.8) is 0 Å². The standard InChI is InChI=1S/C17H13BrF3NO3/c18-13-3-1-2-11(8-13)16(25)22-14(9-15(23)24)10-4-6-12(7-5-10)17(19,20)21/h1-8,14H,9H2,(H,22,25)(H,23,24)/t14-/m0/s1. The second-order valence-corrected chi connectivity index (χ2v) is 6.17. The summed E-state index contributed by atoms with van der Waals surface area (Å²) in [6.45, 7) is 0. The number of benzene rings is 2. The lowest BCUT2D eigenvalue weighted by atomic mass is 10.0. The minimum Gasteiger partial charge on any atom is -0.481 e. The Hall–Kier alpha value is -2.35. The maximum Gasteiger partial charge on any atom is 0.416 e. The van der Waals surface area contributed by atoms with E-state index in [0.717, 1.165) is 24.3 Å². The molecule has 1 atom stereocenters. The minimum atomic E-state index is -4.49. The molecule has 0 aromatic heterocycles. The van der Waals surface area contributed by atoms with Crippen LogP contribution in [0.15, 0.2) is 53.0 Å². The topological polar surface area (TPSA) is 66.4 Å². The number of carboxylic acids is 1. The van der Waals surface area contributed by atoms with Gasteiger partial charge in [-0.1, -0.05) is 34.1 Å². The van der Waals surface area contributed by atoms with Gasteiger partial charge in [-0.15, -0.1) is 0 Å². The predicted molar refractivity (Wildman–Crippen MR) is 88.0 cm³/mol. The molecule has 0 spiro atoms. The van der Waals surface area contributed by atoms with Crippen molar-refractivity contribution in [2.75, 3.05) is 0 Å². The van der Waals surface area contributed by atoms with Crippen molar-refractivity contribution in [2.45, 2.75) is 18.6 Å². The number of amides is 1. The Balaban J connectivity index is 2.24. The highest BCUT2D eigenvalue weighted by Gasteiger charge is 2.30. The zero-order valence-electron chi connectivity index (χ0n) is 12.7. The summed E-state index contributed by atoms with van der Waals surface area (Å²) in [6, 6.07) is 9.56. The molecule has 0 unspecified atom stereocenters.